The van der Waals surface area contributed by atoms with E-state index in [0.29, 0.717) is 10.0 Å². The summed E-state index contributed by atoms with van der Waals surface area (Å²) in [7, 11) is 1.89. The minimum absolute atomic E-state index is 0.111. The van der Waals surface area contributed by atoms with E-state index in [1.165, 1.54) is 0 Å². The first kappa shape index (κ1) is 15.8. The zero-order valence-electron chi connectivity index (χ0n) is 11.3. The summed E-state index contributed by atoms with van der Waals surface area (Å²) in [5.41, 5.74) is 1.90. The van der Waals surface area contributed by atoms with E-state index in [0.717, 1.165) is 28.7 Å². The van der Waals surface area contributed by atoms with Gasteiger partial charge in [0, 0.05) is 22.2 Å². The van der Waals surface area contributed by atoms with Crippen molar-refractivity contribution in [3.8, 4) is 0 Å². The van der Waals surface area contributed by atoms with Crippen LogP contribution >= 0.6 is 39.1 Å². The van der Waals surface area contributed by atoms with Crippen LogP contribution in [0.25, 0.3) is 0 Å². The molecule has 0 saturated carbocycles. The molecule has 0 saturated heterocycles. The Morgan fingerprint density at radius 3 is 2.55 bits per heavy atom. The number of nitrogens with one attached hydrogen (secondary N) is 1. The first-order valence-corrected chi connectivity index (χ1v) is 7.97. The molecule has 2 rings (SSSR count). The van der Waals surface area contributed by atoms with Gasteiger partial charge in [0.1, 0.15) is 0 Å². The Hall–Kier alpha value is -0.550. The van der Waals surface area contributed by atoms with Crippen LogP contribution in [0.15, 0.2) is 28.9 Å². The van der Waals surface area contributed by atoms with Crippen molar-refractivity contribution in [2.45, 2.75) is 25.9 Å². The Bertz CT molecular complexity index is 578. The minimum atomic E-state index is -0.111. The van der Waals surface area contributed by atoms with Gasteiger partial charge in [-0.2, -0.15) is 5.10 Å². The highest BCUT2D eigenvalue weighted by Gasteiger charge is 2.24. The molecule has 1 aromatic carbocycles. The maximum atomic E-state index is 6.33. The first-order valence-electron chi connectivity index (χ1n) is 6.42. The van der Waals surface area contributed by atoms with Gasteiger partial charge in [0.15, 0.2) is 0 Å². The third-order valence-corrected chi connectivity index (χ3v) is 4.39. The lowest BCUT2D eigenvalue weighted by atomic mass is 10.0. The maximum Gasteiger partial charge on any atom is 0.0786 e. The topological polar surface area (TPSA) is 29.9 Å². The van der Waals surface area contributed by atoms with Crippen molar-refractivity contribution in [2.24, 2.45) is 0 Å². The molecule has 3 nitrogen and oxygen atoms in total. The van der Waals surface area contributed by atoms with E-state index in [1.807, 2.05) is 29.9 Å². The SMILES string of the molecule is CCCn1ncc(Br)c1C(NC)c1c(Cl)cccc1Cl. The fourth-order valence-electron chi connectivity index (χ4n) is 2.25. The molecule has 0 fully saturated rings. The van der Waals surface area contributed by atoms with Gasteiger partial charge in [-0.05, 0) is 41.5 Å². The normalized spacial score (nSPS) is 12.7. The molecule has 1 N–H and O–H groups in total. The molecule has 0 aliphatic carbocycles. The number of aromatic nitrogens is 2. The number of benzene rings is 1. The third-order valence-electron chi connectivity index (χ3n) is 3.12. The lowest BCUT2D eigenvalue weighted by Crippen LogP contribution is -2.23. The van der Waals surface area contributed by atoms with Gasteiger partial charge in [-0.1, -0.05) is 36.2 Å². The molecule has 0 amide bonds. The van der Waals surface area contributed by atoms with E-state index in [9.17, 15) is 0 Å². The van der Waals surface area contributed by atoms with Crippen LogP contribution in [0.3, 0.4) is 0 Å². The minimum Gasteiger partial charge on any atom is -0.308 e. The van der Waals surface area contributed by atoms with E-state index in [2.05, 4.69) is 33.3 Å². The van der Waals surface area contributed by atoms with Crippen LogP contribution in [-0.4, -0.2) is 16.8 Å². The molecule has 108 valence electrons. The van der Waals surface area contributed by atoms with E-state index in [4.69, 9.17) is 23.2 Å². The molecule has 0 aliphatic heterocycles. The average molecular weight is 377 g/mol. The molecule has 2 aromatic rings. The molecule has 0 bridgehead atoms. The van der Waals surface area contributed by atoms with Gasteiger partial charge in [0.2, 0.25) is 0 Å². The Kier molecular flexibility index (Phi) is 5.49. The fourth-order valence-corrected chi connectivity index (χ4v) is 3.39. The van der Waals surface area contributed by atoms with Crippen molar-refractivity contribution in [2.75, 3.05) is 7.05 Å². The summed E-state index contributed by atoms with van der Waals surface area (Å²) in [5, 5.41) is 8.98. The lowest BCUT2D eigenvalue weighted by Gasteiger charge is -2.21. The number of hydrogen-bond acceptors (Lipinski definition) is 2. The molecule has 1 heterocycles. The van der Waals surface area contributed by atoms with Gasteiger partial charge < -0.3 is 5.32 Å². The lowest BCUT2D eigenvalue weighted by molar-refractivity contribution is 0.533. The molecule has 20 heavy (non-hydrogen) atoms. The first-order chi connectivity index (χ1) is 9.60. The van der Waals surface area contributed by atoms with E-state index in [1.54, 1.807) is 6.20 Å². The summed E-state index contributed by atoms with van der Waals surface area (Å²) in [5.74, 6) is 0. The summed E-state index contributed by atoms with van der Waals surface area (Å²) in [6.45, 7) is 2.97. The molecule has 0 radical (unpaired) electrons. The molecular formula is C14H16BrCl2N3. The number of halogens is 3. The highest BCUT2D eigenvalue weighted by molar-refractivity contribution is 9.10. The van der Waals surface area contributed by atoms with Crippen molar-refractivity contribution in [3.05, 3.63) is 50.2 Å². The molecule has 1 atom stereocenters. The summed E-state index contributed by atoms with van der Waals surface area (Å²) in [6, 6.07) is 5.43. The van der Waals surface area contributed by atoms with Crippen molar-refractivity contribution in [3.63, 3.8) is 0 Å². The van der Waals surface area contributed by atoms with Crippen LogP contribution in [0.2, 0.25) is 10.0 Å². The van der Waals surface area contributed by atoms with Crippen molar-refractivity contribution >= 4 is 39.1 Å². The van der Waals surface area contributed by atoms with Crippen LogP contribution in [-0.2, 0) is 6.54 Å². The standard InChI is InChI=1S/C14H16BrCl2N3/c1-3-7-20-14(9(15)8-19-20)13(18-2)12-10(16)5-4-6-11(12)17/h4-6,8,13,18H,3,7H2,1-2H3. The monoisotopic (exact) mass is 375 g/mol. The summed E-state index contributed by atoms with van der Waals surface area (Å²) in [6.07, 6.45) is 2.81. The summed E-state index contributed by atoms with van der Waals surface area (Å²) < 4.78 is 2.92. The van der Waals surface area contributed by atoms with Crippen LogP contribution in [0, 0.1) is 0 Å². The zero-order chi connectivity index (χ0) is 14.7. The summed E-state index contributed by atoms with van der Waals surface area (Å²) >= 11 is 16.2. The number of nitrogens with zero attached hydrogens (tertiary/aromatic N) is 2. The van der Waals surface area contributed by atoms with Crippen LogP contribution < -0.4 is 5.32 Å². The van der Waals surface area contributed by atoms with E-state index < -0.39 is 0 Å². The highest BCUT2D eigenvalue weighted by atomic mass is 79.9. The van der Waals surface area contributed by atoms with Crippen molar-refractivity contribution in [1.29, 1.82) is 0 Å². The second-order valence-corrected chi connectivity index (χ2v) is 6.13. The smallest absolute Gasteiger partial charge is 0.0786 e. The molecular weight excluding hydrogens is 361 g/mol. The van der Waals surface area contributed by atoms with Gasteiger partial charge in [0.25, 0.3) is 0 Å². The third kappa shape index (κ3) is 3.03. The van der Waals surface area contributed by atoms with E-state index >= 15 is 0 Å². The molecule has 6 heteroatoms. The summed E-state index contributed by atoms with van der Waals surface area (Å²) in [4.78, 5) is 0. The van der Waals surface area contributed by atoms with Crippen LogP contribution in [0.5, 0.6) is 0 Å². The Morgan fingerprint density at radius 1 is 1.35 bits per heavy atom. The number of hydrogen-bond donors (Lipinski definition) is 1. The van der Waals surface area contributed by atoms with Crippen molar-refractivity contribution in [1.82, 2.24) is 15.1 Å². The molecule has 0 spiro atoms. The highest BCUT2D eigenvalue weighted by Crippen LogP contribution is 2.36. The average Bonchev–Trinajstić information content (AvgIpc) is 2.76. The number of rotatable bonds is 5. The largest absolute Gasteiger partial charge is 0.308 e. The predicted octanol–water partition coefficient (Wildman–Crippen LogP) is 4.67. The molecule has 1 unspecified atom stereocenters. The second-order valence-electron chi connectivity index (χ2n) is 4.46. The Labute approximate surface area is 137 Å². The fraction of sp³-hybridized carbons (Fsp3) is 0.357. The van der Waals surface area contributed by atoms with Gasteiger partial charge in [0.05, 0.1) is 22.4 Å². The Morgan fingerprint density at radius 2 is 2.00 bits per heavy atom. The van der Waals surface area contributed by atoms with Crippen LogP contribution in [0.1, 0.15) is 30.6 Å². The predicted molar refractivity (Wildman–Crippen MR) is 87.6 cm³/mol. The maximum absolute atomic E-state index is 6.33. The van der Waals surface area contributed by atoms with Gasteiger partial charge >= 0.3 is 0 Å². The van der Waals surface area contributed by atoms with Crippen molar-refractivity contribution < 1.29 is 0 Å². The van der Waals surface area contributed by atoms with Gasteiger partial charge in [-0.15, -0.1) is 0 Å². The quantitative estimate of drug-likeness (QED) is 0.821. The van der Waals surface area contributed by atoms with Gasteiger partial charge in [-0.3, -0.25) is 4.68 Å². The van der Waals surface area contributed by atoms with Crippen LogP contribution in [0.4, 0.5) is 0 Å². The molecule has 0 aliphatic rings. The van der Waals surface area contributed by atoms with E-state index in [-0.39, 0.29) is 6.04 Å². The number of aryl methyl sites for hydroxylation is 1. The Balaban J connectivity index is 2.55. The second kappa shape index (κ2) is 6.94. The molecule has 1 aromatic heterocycles. The zero-order valence-corrected chi connectivity index (χ0v) is 14.4. The van der Waals surface area contributed by atoms with Gasteiger partial charge in [-0.25, -0.2) is 0 Å².